The number of sulfonamides is 1. The van der Waals surface area contributed by atoms with Gasteiger partial charge in [0.05, 0.1) is 44.0 Å². The molecular weight excluding hydrogens is 440 g/mol. The van der Waals surface area contributed by atoms with Gasteiger partial charge in [-0.3, -0.25) is 0 Å². The third-order valence-corrected chi connectivity index (χ3v) is 5.32. The van der Waals surface area contributed by atoms with E-state index in [2.05, 4.69) is 25.9 Å². The Bertz CT molecular complexity index is 947. The standard InChI is InChI=1S/C17H19BrN2O6S/c1-23-14-6-5-12(9-15(14)24-2)27(21,22)20-19-10-11-7-13(18)17(26-4)16(8-11)25-3/h5-10,20H,1-4H3/b19-10+. The first-order valence-electron chi connectivity index (χ1n) is 7.54. The topological polar surface area (TPSA) is 95.5 Å². The highest BCUT2D eigenvalue weighted by atomic mass is 79.9. The third-order valence-electron chi connectivity index (χ3n) is 3.51. The summed E-state index contributed by atoms with van der Waals surface area (Å²) in [6, 6.07) is 7.63. The molecule has 0 radical (unpaired) electrons. The van der Waals surface area contributed by atoms with Gasteiger partial charge < -0.3 is 18.9 Å². The Morgan fingerprint density at radius 2 is 1.59 bits per heavy atom. The first-order valence-corrected chi connectivity index (χ1v) is 9.82. The van der Waals surface area contributed by atoms with Crippen molar-refractivity contribution in [3.8, 4) is 23.0 Å². The van der Waals surface area contributed by atoms with Crippen molar-refractivity contribution in [1.82, 2.24) is 4.83 Å². The molecule has 0 saturated heterocycles. The molecule has 27 heavy (non-hydrogen) atoms. The zero-order chi connectivity index (χ0) is 20.0. The number of halogens is 1. The third kappa shape index (κ3) is 4.83. The van der Waals surface area contributed by atoms with E-state index < -0.39 is 10.0 Å². The second-order valence-electron chi connectivity index (χ2n) is 5.11. The number of benzene rings is 2. The molecule has 0 aliphatic heterocycles. The number of methoxy groups -OCH3 is 4. The minimum absolute atomic E-state index is 0.00853. The van der Waals surface area contributed by atoms with Gasteiger partial charge in [-0.25, -0.2) is 4.83 Å². The second kappa shape index (κ2) is 8.96. The van der Waals surface area contributed by atoms with Crippen molar-refractivity contribution in [2.24, 2.45) is 5.10 Å². The molecule has 2 aromatic rings. The lowest BCUT2D eigenvalue weighted by Gasteiger charge is -2.10. The summed E-state index contributed by atoms with van der Waals surface area (Å²) in [6.45, 7) is 0. The number of nitrogens with zero attached hydrogens (tertiary/aromatic N) is 1. The molecule has 0 saturated carbocycles. The van der Waals surface area contributed by atoms with Gasteiger partial charge >= 0.3 is 0 Å². The summed E-state index contributed by atoms with van der Waals surface area (Å²) in [4.78, 5) is 2.15. The summed E-state index contributed by atoms with van der Waals surface area (Å²) in [5.74, 6) is 1.74. The molecular formula is C17H19BrN2O6S. The lowest BCUT2D eigenvalue weighted by molar-refractivity contribution is 0.353. The Labute approximate surface area is 166 Å². The van der Waals surface area contributed by atoms with E-state index in [1.807, 2.05) is 0 Å². The van der Waals surface area contributed by atoms with Gasteiger partial charge in [0.15, 0.2) is 23.0 Å². The van der Waals surface area contributed by atoms with E-state index in [-0.39, 0.29) is 4.90 Å². The van der Waals surface area contributed by atoms with Gasteiger partial charge in [0.2, 0.25) is 0 Å². The molecule has 8 nitrogen and oxygen atoms in total. The molecule has 1 N–H and O–H groups in total. The van der Waals surface area contributed by atoms with E-state index in [9.17, 15) is 8.42 Å². The molecule has 0 aliphatic rings. The molecule has 0 spiro atoms. The molecule has 0 bridgehead atoms. The Morgan fingerprint density at radius 3 is 2.19 bits per heavy atom. The van der Waals surface area contributed by atoms with E-state index in [4.69, 9.17) is 18.9 Å². The van der Waals surface area contributed by atoms with Crippen molar-refractivity contribution in [2.75, 3.05) is 28.4 Å². The summed E-state index contributed by atoms with van der Waals surface area (Å²) in [6.07, 6.45) is 1.35. The van der Waals surface area contributed by atoms with E-state index in [1.165, 1.54) is 52.9 Å². The summed E-state index contributed by atoms with van der Waals surface area (Å²) in [5, 5.41) is 3.81. The quantitative estimate of drug-likeness (QED) is 0.482. The molecule has 0 atom stereocenters. The smallest absolute Gasteiger partial charge is 0.276 e. The van der Waals surface area contributed by atoms with Crippen LogP contribution in [0.1, 0.15) is 5.56 Å². The number of hydrogen-bond acceptors (Lipinski definition) is 7. The molecule has 146 valence electrons. The average Bonchev–Trinajstić information content (AvgIpc) is 2.66. The maximum Gasteiger partial charge on any atom is 0.276 e. The van der Waals surface area contributed by atoms with Crippen molar-refractivity contribution in [3.05, 3.63) is 40.4 Å². The highest BCUT2D eigenvalue weighted by Gasteiger charge is 2.16. The number of rotatable bonds is 8. The lowest BCUT2D eigenvalue weighted by atomic mass is 10.2. The zero-order valence-corrected chi connectivity index (χ0v) is 17.5. The Morgan fingerprint density at radius 1 is 0.926 bits per heavy atom. The van der Waals surface area contributed by atoms with Crippen LogP contribution < -0.4 is 23.8 Å². The summed E-state index contributed by atoms with van der Waals surface area (Å²) >= 11 is 3.37. The summed E-state index contributed by atoms with van der Waals surface area (Å²) < 4.78 is 46.1. The molecule has 0 heterocycles. The van der Waals surface area contributed by atoms with Crippen LogP contribution in [0.5, 0.6) is 23.0 Å². The predicted molar refractivity (Wildman–Crippen MR) is 105 cm³/mol. The minimum Gasteiger partial charge on any atom is -0.493 e. The van der Waals surface area contributed by atoms with Crippen LogP contribution in [0.25, 0.3) is 0 Å². The van der Waals surface area contributed by atoms with Gasteiger partial charge in [-0.05, 0) is 45.8 Å². The maximum atomic E-state index is 12.4. The Hall–Kier alpha value is -2.46. The van der Waals surface area contributed by atoms with Crippen molar-refractivity contribution in [2.45, 2.75) is 4.90 Å². The van der Waals surface area contributed by atoms with Crippen LogP contribution in [0.4, 0.5) is 0 Å². The first-order chi connectivity index (χ1) is 12.9. The Balaban J connectivity index is 2.23. The number of ether oxygens (including phenoxy) is 4. The van der Waals surface area contributed by atoms with Crippen molar-refractivity contribution in [1.29, 1.82) is 0 Å². The van der Waals surface area contributed by atoms with Gasteiger partial charge in [0, 0.05) is 6.07 Å². The largest absolute Gasteiger partial charge is 0.493 e. The SMILES string of the molecule is COc1ccc(S(=O)(=O)N/N=C/c2cc(Br)c(OC)c(OC)c2)cc1OC. The molecule has 2 rings (SSSR count). The van der Waals surface area contributed by atoms with Crippen LogP contribution in [0.15, 0.2) is 44.8 Å². The molecule has 2 aromatic carbocycles. The van der Waals surface area contributed by atoms with Gasteiger partial charge in [0.25, 0.3) is 10.0 Å². The lowest BCUT2D eigenvalue weighted by Crippen LogP contribution is -2.18. The van der Waals surface area contributed by atoms with Crippen LogP contribution in [0.3, 0.4) is 0 Å². The summed E-state index contributed by atoms with van der Waals surface area (Å²) in [7, 11) is 2.04. The van der Waals surface area contributed by atoms with E-state index in [1.54, 1.807) is 12.1 Å². The van der Waals surface area contributed by atoms with Crippen LogP contribution >= 0.6 is 15.9 Å². The second-order valence-corrected chi connectivity index (χ2v) is 7.62. The van der Waals surface area contributed by atoms with Gasteiger partial charge in [-0.2, -0.15) is 13.5 Å². The fourth-order valence-electron chi connectivity index (χ4n) is 2.22. The van der Waals surface area contributed by atoms with Crippen molar-refractivity contribution >= 4 is 32.2 Å². The molecule has 0 unspecified atom stereocenters. The first kappa shape index (κ1) is 20.8. The highest BCUT2D eigenvalue weighted by Crippen LogP contribution is 2.35. The van der Waals surface area contributed by atoms with Gasteiger partial charge in [-0.1, -0.05) is 0 Å². The van der Waals surface area contributed by atoms with Gasteiger partial charge in [0.1, 0.15) is 0 Å². The Kier molecular flexibility index (Phi) is 6.92. The van der Waals surface area contributed by atoms with Crippen molar-refractivity contribution < 1.29 is 27.4 Å². The molecule has 0 aromatic heterocycles. The van der Waals surface area contributed by atoms with Crippen LogP contribution in [-0.2, 0) is 10.0 Å². The van der Waals surface area contributed by atoms with Crippen molar-refractivity contribution in [3.63, 3.8) is 0 Å². The van der Waals surface area contributed by atoms with Crippen LogP contribution in [0.2, 0.25) is 0 Å². The molecule has 0 fully saturated rings. The van der Waals surface area contributed by atoms with E-state index in [0.29, 0.717) is 33.0 Å². The number of nitrogens with one attached hydrogen (secondary N) is 1. The van der Waals surface area contributed by atoms with Crippen LogP contribution in [-0.4, -0.2) is 43.1 Å². The monoisotopic (exact) mass is 458 g/mol. The molecule has 0 aliphatic carbocycles. The highest BCUT2D eigenvalue weighted by molar-refractivity contribution is 9.10. The molecule has 10 heteroatoms. The van der Waals surface area contributed by atoms with E-state index >= 15 is 0 Å². The van der Waals surface area contributed by atoms with Gasteiger partial charge in [-0.15, -0.1) is 0 Å². The zero-order valence-electron chi connectivity index (χ0n) is 15.1. The average molecular weight is 459 g/mol. The van der Waals surface area contributed by atoms with Crippen LogP contribution in [0, 0.1) is 0 Å². The fourth-order valence-corrected chi connectivity index (χ4v) is 3.65. The number of hydrogen-bond donors (Lipinski definition) is 1. The predicted octanol–water partition coefficient (Wildman–Crippen LogP) is 2.80. The van der Waals surface area contributed by atoms with E-state index in [0.717, 1.165) is 0 Å². The maximum absolute atomic E-state index is 12.4. The summed E-state index contributed by atoms with van der Waals surface area (Å²) in [5.41, 5.74) is 0.606. The molecule has 0 amide bonds. The fraction of sp³-hybridized carbons (Fsp3) is 0.235. The number of hydrazone groups is 1. The normalized spacial score (nSPS) is 11.3. The minimum atomic E-state index is -3.88.